The van der Waals surface area contributed by atoms with Crippen molar-refractivity contribution in [3.8, 4) is 0 Å². The van der Waals surface area contributed by atoms with Gasteiger partial charge in [0.25, 0.3) is 25.3 Å². The maximum atomic E-state index is 16.8. The molecule has 0 spiro atoms. The zero-order valence-electron chi connectivity index (χ0n) is 24.1. The first-order chi connectivity index (χ1) is 23.1. The molecule has 0 bridgehead atoms. The van der Waals surface area contributed by atoms with Gasteiger partial charge >= 0.3 is 53.2 Å². The van der Waals surface area contributed by atoms with E-state index in [9.17, 15) is 105 Å². The second kappa shape index (κ2) is 12.7. The Bertz CT molecular complexity index is 1780. The average molecular weight is 1020 g/mol. The van der Waals surface area contributed by atoms with Gasteiger partial charge < -0.3 is 0 Å². The molecule has 0 saturated heterocycles. The van der Waals surface area contributed by atoms with Gasteiger partial charge in [-0.1, -0.05) is 56.1 Å². The zero-order chi connectivity index (χ0) is 43.6. The summed E-state index contributed by atoms with van der Waals surface area (Å²) in [5, 5.41) is 0. The van der Waals surface area contributed by atoms with Crippen LogP contribution in [0.3, 0.4) is 0 Å². The van der Waals surface area contributed by atoms with Crippen LogP contribution >= 0.6 is 31.9 Å². The lowest BCUT2D eigenvalue weighted by Gasteiger charge is -2.58. The van der Waals surface area contributed by atoms with Gasteiger partial charge in [0.15, 0.2) is 4.08 Å². The molecule has 3 unspecified atom stereocenters. The van der Waals surface area contributed by atoms with E-state index in [0.29, 0.717) is 0 Å². The van der Waals surface area contributed by atoms with E-state index in [2.05, 4.69) is 0 Å². The molecule has 4 nitrogen and oxygen atoms in total. The highest BCUT2D eigenvalue weighted by Gasteiger charge is 2.92. The molecule has 1 aromatic carbocycles. The summed E-state index contributed by atoms with van der Waals surface area (Å²) in [6, 6.07) is -3.51. The van der Waals surface area contributed by atoms with E-state index in [4.69, 9.17) is 0 Å². The number of alkyl halides is 26. The first-order valence-electron chi connectivity index (χ1n) is 12.5. The molecule has 32 heteroatoms. The van der Waals surface area contributed by atoms with Crippen LogP contribution in [0.4, 0.5) is 105 Å². The number of hydrogen-bond acceptors (Lipinski definition) is 4. The molecule has 1 fully saturated rings. The normalized spacial score (nSPS) is 23.7. The van der Waals surface area contributed by atoms with E-state index in [1.54, 1.807) is 31.9 Å². The minimum Gasteiger partial charge on any atom is -0.226 e. The van der Waals surface area contributed by atoms with E-state index in [1.165, 1.54) is 0 Å². The Hall–Kier alpha value is -1.60. The number of halogens is 26. The molecule has 1 saturated carbocycles. The highest BCUT2D eigenvalue weighted by molar-refractivity contribution is 9.25. The highest BCUT2D eigenvalue weighted by Crippen LogP contribution is 2.72. The minimum absolute atomic E-state index is 0.480. The fourth-order valence-corrected chi connectivity index (χ4v) is 12.1. The number of hydrogen-bond donors (Lipinski definition) is 0. The summed E-state index contributed by atoms with van der Waals surface area (Å²) in [7, 11) is -17.8. The molecule has 3 atom stereocenters. The van der Waals surface area contributed by atoms with E-state index in [0.717, 1.165) is 0 Å². The van der Waals surface area contributed by atoms with Gasteiger partial charge in [-0.05, 0) is 18.4 Å². The fraction of sp³-hybridized carbons (Fsp3) is 0.682. The Morgan fingerprint density at radius 1 is 0.500 bits per heavy atom. The molecule has 0 aliphatic heterocycles. The monoisotopic (exact) mass is 1010 g/mol. The molecule has 1 aliphatic rings. The Labute approximate surface area is 299 Å². The van der Waals surface area contributed by atoms with Gasteiger partial charge in [0, 0.05) is 12.0 Å². The van der Waals surface area contributed by atoms with Gasteiger partial charge in [0.05, 0.1) is 8.65 Å². The van der Waals surface area contributed by atoms with Crippen molar-refractivity contribution in [1.29, 1.82) is 0 Å². The van der Waals surface area contributed by atoms with Crippen LogP contribution < -0.4 is 0 Å². The smallest absolute Gasteiger partial charge is 0.226 e. The van der Waals surface area contributed by atoms with E-state index >= 15 is 17.6 Å². The second-order valence-electron chi connectivity index (χ2n) is 11.1. The topological polar surface area (TPSA) is 68.3 Å². The summed E-state index contributed by atoms with van der Waals surface area (Å²) in [6.07, 6.45) is -42.6. The Morgan fingerprint density at radius 2 is 0.870 bits per heavy atom. The summed E-state index contributed by atoms with van der Waals surface area (Å²) in [5.41, 5.74) is -46.6. The number of sulfone groups is 2. The van der Waals surface area contributed by atoms with Crippen LogP contribution in [-0.4, -0.2) is 77.4 Å². The average Bonchev–Trinajstić information content (AvgIpc) is 2.91. The molecular weight excluding hydrogens is 1010 g/mol. The third-order valence-electron chi connectivity index (χ3n) is 7.87. The summed E-state index contributed by atoms with van der Waals surface area (Å²) >= 11 is 3.23. The molecule has 1 radical (unpaired) electrons. The lowest BCUT2D eigenvalue weighted by Crippen LogP contribution is -2.77. The van der Waals surface area contributed by atoms with Crippen molar-refractivity contribution < 1.29 is 122 Å². The molecule has 0 N–H and O–H groups in total. The fourth-order valence-electron chi connectivity index (χ4n) is 5.65. The zero-order valence-corrected chi connectivity index (χ0v) is 28.9. The van der Waals surface area contributed by atoms with Crippen LogP contribution in [0.1, 0.15) is 24.0 Å². The predicted octanol–water partition coefficient (Wildman–Crippen LogP) is 10.4. The third kappa shape index (κ3) is 6.42. The minimum atomic E-state index is -8.89. The SMILES string of the molecule is O=S(=O)(C(F)(F)F)C1(S(=O)(=O)C(F)(F)F)[CH]C(Br)(Br)CC(c2ccccc2C(F)(C(F)(F)F)C(F)(F)C(F)(F)F)(C(F)(C(F)(F)F)C(F)(F)C(F)(F)F)C1. The summed E-state index contributed by atoms with van der Waals surface area (Å²) in [6.45, 7) is 0. The summed E-state index contributed by atoms with van der Waals surface area (Å²) in [4.78, 5) is 0. The Balaban J connectivity index is 3.82. The largest absolute Gasteiger partial charge is 0.498 e. The summed E-state index contributed by atoms with van der Waals surface area (Å²) in [5.74, 6) is -16.9. The standard InChI is InChI=1S/C22H9Br2F24O4S2/c23-11(24)5-10(14(26,18(34,35)36)16(29,30)20(40,41)42,6-12(7-11,53(49,50)21(43,44)45)54(51,52)22(46,47)48)8-3-1-2-4-9(8)13(25,17(31,32)33)15(27,28)19(37,38)39/h1-4,7H,5-6H2. The van der Waals surface area contributed by atoms with Gasteiger partial charge in [0.2, 0.25) is 0 Å². The molecule has 1 aliphatic carbocycles. The van der Waals surface area contributed by atoms with Crippen molar-refractivity contribution in [2.45, 2.75) is 84.5 Å². The van der Waals surface area contributed by atoms with Gasteiger partial charge in [0.1, 0.15) is 0 Å². The maximum absolute atomic E-state index is 16.8. The van der Waals surface area contributed by atoms with Crippen LogP contribution in [0.15, 0.2) is 24.3 Å². The first kappa shape index (κ1) is 48.5. The van der Waals surface area contributed by atoms with E-state index in [1.807, 2.05) is 0 Å². The molecule has 0 amide bonds. The van der Waals surface area contributed by atoms with Crippen molar-refractivity contribution in [3.05, 3.63) is 41.8 Å². The number of rotatable bonds is 7. The Kier molecular flexibility index (Phi) is 11.4. The van der Waals surface area contributed by atoms with Gasteiger partial charge in [-0.3, -0.25) is 0 Å². The van der Waals surface area contributed by atoms with Crippen LogP contribution in [0.5, 0.6) is 0 Å². The van der Waals surface area contributed by atoms with E-state index < -0.39 is 146 Å². The number of benzene rings is 1. The van der Waals surface area contributed by atoms with Gasteiger partial charge in [-0.2, -0.15) is 96.6 Å². The third-order valence-corrected chi connectivity index (χ3v) is 13.8. The predicted molar refractivity (Wildman–Crippen MR) is 136 cm³/mol. The lowest BCUT2D eigenvalue weighted by molar-refractivity contribution is -0.402. The second-order valence-corrected chi connectivity index (χ2v) is 19.6. The van der Waals surface area contributed by atoms with Gasteiger partial charge in [-0.15, -0.1) is 0 Å². The molecule has 2 rings (SSSR count). The molecule has 315 valence electrons. The molecular formula is C22H9Br2F24O4S2. The quantitative estimate of drug-likeness (QED) is 0.202. The van der Waals surface area contributed by atoms with Crippen LogP contribution in [0.2, 0.25) is 0 Å². The molecule has 54 heavy (non-hydrogen) atoms. The van der Waals surface area contributed by atoms with Crippen LogP contribution in [0, 0.1) is 6.42 Å². The first-order valence-corrected chi connectivity index (χ1v) is 17.0. The Morgan fingerprint density at radius 3 is 1.19 bits per heavy atom. The molecule has 0 heterocycles. The molecule has 0 aromatic heterocycles. The van der Waals surface area contributed by atoms with Crippen molar-refractivity contribution in [2.75, 3.05) is 0 Å². The lowest BCUT2D eigenvalue weighted by atomic mass is 9.56. The van der Waals surface area contributed by atoms with E-state index in [-0.39, 0.29) is 0 Å². The maximum Gasteiger partial charge on any atom is 0.498 e. The van der Waals surface area contributed by atoms with Crippen molar-refractivity contribution >= 4 is 51.5 Å². The summed E-state index contributed by atoms with van der Waals surface area (Å²) < 4.78 is 384. The van der Waals surface area contributed by atoms with Crippen molar-refractivity contribution in [2.24, 2.45) is 0 Å². The van der Waals surface area contributed by atoms with Crippen LogP contribution in [-0.2, 0) is 30.8 Å². The van der Waals surface area contributed by atoms with Crippen LogP contribution in [0.25, 0.3) is 0 Å². The highest BCUT2D eigenvalue weighted by atomic mass is 79.9. The van der Waals surface area contributed by atoms with Crippen molar-refractivity contribution in [1.82, 2.24) is 0 Å². The molecule has 1 aromatic rings. The van der Waals surface area contributed by atoms with Crippen molar-refractivity contribution in [3.63, 3.8) is 0 Å². The van der Waals surface area contributed by atoms with Gasteiger partial charge in [-0.25, -0.2) is 25.6 Å².